The molecule has 0 bridgehead atoms. The van der Waals surface area contributed by atoms with E-state index in [4.69, 9.17) is 22.1 Å². The van der Waals surface area contributed by atoms with Gasteiger partial charge in [-0.15, -0.1) is 11.3 Å². The van der Waals surface area contributed by atoms with Gasteiger partial charge in [0, 0.05) is 23.0 Å². The van der Waals surface area contributed by atoms with Crippen molar-refractivity contribution < 1.29 is 4.74 Å². The normalized spacial score (nSPS) is 14.2. The first kappa shape index (κ1) is 11.6. The van der Waals surface area contributed by atoms with Gasteiger partial charge in [-0.05, 0) is 12.1 Å². The standard InChI is InChI=1S/C12H12ClN3OS/c1-16-2-3-17-11-8(4-7(13)5-10(11)16)9-6-18-12(14)15-9/h4-6H,2-3H2,1H3,(H2,14,15). The van der Waals surface area contributed by atoms with Crippen molar-refractivity contribution in [3.63, 3.8) is 0 Å². The highest BCUT2D eigenvalue weighted by Gasteiger charge is 2.21. The molecule has 94 valence electrons. The molecular formula is C12H12ClN3OS. The average Bonchev–Trinajstić information content (AvgIpc) is 2.76. The van der Waals surface area contributed by atoms with Crippen LogP contribution in [0.1, 0.15) is 0 Å². The molecule has 0 saturated carbocycles. The number of likely N-dealkylation sites (N-methyl/N-ethyl adjacent to an activating group) is 1. The molecule has 0 atom stereocenters. The summed E-state index contributed by atoms with van der Waals surface area (Å²) in [6, 6.07) is 3.78. The van der Waals surface area contributed by atoms with E-state index in [0.29, 0.717) is 16.8 Å². The van der Waals surface area contributed by atoms with Gasteiger partial charge in [0.2, 0.25) is 0 Å². The van der Waals surface area contributed by atoms with Gasteiger partial charge in [-0.2, -0.15) is 0 Å². The van der Waals surface area contributed by atoms with Gasteiger partial charge in [-0.1, -0.05) is 11.6 Å². The van der Waals surface area contributed by atoms with Crippen molar-refractivity contribution in [1.82, 2.24) is 4.98 Å². The Morgan fingerprint density at radius 3 is 3.06 bits per heavy atom. The monoisotopic (exact) mass is 281 g/mol. The van der Waals surface area contributed by atoms with Crippen LogP contribution in [0, 0.1) is 0 Å². The van der Waals surface area contributed by atoms with E-state index in [2.05, 4.69) is 9.88 Å². The van der Waals surface area contributed by atoms with Gasteiger partial charge in [0.15, 0.2) is 10.9 Å². The van der Waals surface area contributed by atoms with Gasteiger partial charge in [-0.25, -0.2) is 4.98 Å². The molecule has 1 aromatic carbocycles. The number of rotatable bonds is 1. The third kappa shape index (κ3) is 1.89. The fourth-order valence-corrected chi connectivity index (χ4v) is 2.80. The van der Waals surface area contributed by atoms with Crippen LogP contribution >= 0.6 is 22.9 Å². The summed E-state index contributed by atoms with van der Waals surface area (Å²) in [5, 5.41) is 3.13. The number of hydrogen-bond donors (Lipinski definition) is 1. The Morgan fingerprint density at radius 2 is 2.33 bits per heavy atom. The van der Waals surface area contributed by atoms with Crippen LogP contribution in [-0.2, 0) is 0 Å². The first-order chi connectivity index (χ1) is 8.65. The molecule has 4 nitrogen and oxygen atoms in total. The SMILES string of the molecule is CN1CCOc2c(-c3csc(N)n3)cc(Cl)cc21. The fraction of sp³-hybridized carbons (Fsp3) is 0.250. The Balaban J connectivity index is 2.20. The van der Waals surface area contributed by atoms with Crippen LogP contribution in [0.15, 0.2) is 17.5 Å². The summed E-state index contributed by atoms with van der Waals surface area (Å²) >= 11 is 7.58. The fourth-order valence-electron chi connectivity index (χ4n) is 2.02. The first-order valence-electron chi connectivity index (χ1n) is 5.54. The Kier molecular flexibility index (Phi) is 2.80. The molecular weight excluding hydrogens is 270 g/mol. The Hall–Kier alpha value is -1.46. The number of aromatic nitrogens is 1. The van der Waals surface area contributed by atoms with E-state index in [1.807, 2.05) is 24.6 Å². The van der Waals surface area contributed by atoms with Crippen LogP contribution in [-0.4, -0.2) is 25.2 Å². The second kappa shape index (κ2) is 4.33. The molecule has 0 aliphatic carbocycles. The zero-order valence-corrected chi connectivity index (χ0v) is 11.4. The maximum absolute atomic E-state index is 6.17. The number of thiazole rings is 1. The minimum atomic E-state index is 0.544. The summed E-state index contributed by atoms with van der Waals surface area (Å²) in [4.78, 5) is 6.42. The molecule has 2 heterocycles. The molecule has 6 heteroatoms. The summed E-state index contributed by atoms with van der Waals surface area (Å²) in [7, 11) is 2.02. The van der Waals surface area contributed by atoms with E-state index in [1.54, 1.807) is 0 Å². The van der Waals surface area contributed by atoms with E-state index >= 15 is 0 Å². The van der Waals surface area contributed by atoms with Gasteiger partial charge < -0.3 is 15.4 Å². The number of nitrogens with two attached hydrogens (primary N) is 1. The predicted molar refractivity (Wildman–Crippen MR) is 75.7 cm³/mol. The number of fused-ring (bicyclic) bond motifs is 1. The van der Waals surface area contributed by atoms with E-state index < -0.39 is 0 Å². The number of hydrogen-bond acceptors (Lipinski definition) is 5. The van der Waals surface area contributed by atoms with Crippen LogP contribution in [0.5, 0.6) is 5.75 Å². The summed E-state index contributed by atoms with van der Waals surface area (Å²) in [6.45, 7) is 1.52. The van der Waals surface area contributed by atoms with Gasteiger partial charge in [0.25, 0.3) is 0 Å². The third-order valence-electron chi connectivity index (χ3n) is 2.92. The maximum atomic E-state index is 6.17. The minimum Gasteiger partial charge on any atom is -0.489 e. The zero-order chi connectivity index (χ0) is 12.7. The first-order valence-corrected chi connectivity index (χ1v) is 6.80. The van der Waals surface area contributed by atoms with Crippen molar-refractivity contribution in [2.75, 3.05) is 30.8 Å². The van der Waals surface area contributed by atoms with Gasteiger partial charge in [0.05, 0.1) is 17.9 Å². The molecule has 3 rings (SSSR count). The minimum absolute atomic E-state index is 0.544. The Bertz CT molecular complexity index is 599. The number of anilines is 2. The average molecular weight is 282 g/mol. The second-order valence-electron chi connectivity index (χ2n) is 4.14. The molecule has 2 aromatic rings. The molecule has 2 N–H and O–H groups in total. The van der Waals surface area contributed by atoms with Crippen LogP contribution in [0.3, 0.4) is 0 Å². The molecule has 1 aromatic heterocycles. The lowest BCUT2D eigenvalue weighted by molar-refractivity contribution is 0.312. The molecule has 0 amide bonds. The molecule has 0 fully saturated rings. The Labute approximate surface area is 114 Å². The molecule has 0 spiro atoms. The number of ether oxygens (including phenoxy) is 1. The topological polar surface area (TPSA) is 51.4 Å². The third-order valence-corrected chi connectivity index (χ3v) is 3.81. The lowest BCUT2D eigenvalue weighted by Crippen LogP contribution is -2.29. The highest BCUT2D eigenvalue weighted by atomic mass is 35.5. The summed E-state index contributed by atoms with van der Waals surface area (Å²) in [5.74, 6) is 0.832. The largest absolute Gasteiger partial charge is 0.489 e. The molecule has 0 unspecified atom stereocenters. The highest BCUT2D eigenvalue weighted by Crippen LogP contribution is 2.42. The van der Waals surface area contributed by atoms with Crippen molar-refractivity contribution >= 4 is 33.8 Å². The smallest absolute Gasteiger partial charge is 0.180 e. The Morgan fingerprint density at radius 1 is 1.50 bits per heavy atom. The van der Waals surface area contributed by atoms with Crippen molar-refractivity contribution in [1.29, 1.82) is 0 Å². The second-order valence-corrected chi connectivity index (χ2v) is 5.47. The van der Waals surface area contributed by atoms with Crippen molar-refractivity contribution in [3.05, 3.63) is 22.5 Å². The van der Waals surface area contributed by atoms with Gasteiger partial charge >= 0.3 is 0 Å². The van der Waals surface area contributed by atoms with Crippen LogP contribution in [0.2, 0.25) is 5.02 Å². The quantitative estimate of drug-likeness (QED) is 0.873. The number of benzene rings is 1. The van der Waals surface area contributed by atoms with E-state index in [-0.39, 0.29) is 0 Å². The highest BCUT2D eigenvalue weighted by molar-refractivity contribution is 7.13. The molecule has 0 radical (unpaired) electrons. The van der Waals surface area contributed by atoms with Crippen molar-refractivity contribution in [2.45, 2.75) is 0 Å². The summed E-state index contributed by atoms with van der Waals surface area (Å²) < 4.78 is 5.77. The lowest BCUT2D eigenvalue weighted by atomic mass is 10.1. The van der Waals surface area contributed by atoms with Crippen molar-refractivity contribution in [2.24, 2.45) is 0 Å². The van der Waals surface area contributed by atoms with Gasteiger partial charge in [0.1, 0.15) is 6.61 Å². The zero-order valence-electron chi connectivity index (χ0n) is 9.81. The maximum Gasteiger partial charge on any atom is 0.180 e. The van der Waals surface area contributed by atoms with E-state index in [9.17, 15) is 0 Å². The number of halogens is 1. The van der Waals surface area contributed by atoms with Crippen LogP contribution in [0.25, 0.3) is 11.3 Å². The summed E-state index contributed by atoms with van der Waals surface area (Å²) in [5.41, 5.74) is 8.39. The van der Waals surface area contributed by atoms with Crippen LogP contribution < -0.4 is 15.4 Å². The number of nitrogens with zero attached hydrogens (tertiary/aromatic N) is 2. The molecule has 1 aliphatic rings. The van der Waals surface area contributed by atoms with Crippen LogP contribution in [0.4, 0.5) is 10.8 Å². The van der Waals surface area contributed by atoms with E-state index in [1.165, 1.54) is 11.3 Å². The van der Waals surface area contributed by atoms with Crippen molar-refractivity contribution in [3.8, 4) is 17.0 Å². The number of nitrogen functional groups attached to an aromatic ring is 1. The lowest BCUT2D eigenvalue weighted by Gasteiger charge is -2.29. The molecule has 0 saturated heterocycles. The molecule has 1 aliphatic heterocycles. The van der Waals surface area contributed by atoms with E-state index in [0.717, 1.165) is 29.2 Å². The molecule has 18 heavy (non-hydrogen) atoms. The predicted octanol–water partition coefficient (Wildman–Crippen LogP) is 2.87. The van der Waals surface area contributed by atoms with Gasteiger partial charge in [-0.3, -0.25) is 0 Å². The summed E-state index contributed by atoms with van der Waals surface area (Å²) in [6.07, 6.45) is 0.